The van der Waals surface area contributed by atoms with Gasteiger partial charge in [0.25, 0.3) is 0 Å². The second-order valence-corrected chi connectivity index (χ2v) is 4.70. The van der Waals surface area contributed by atoms with Crippen LogP contribution in [0.15, 0.2) is 24.3 Å². The van der Waals surface area contributed by atoms with Crippen LogP contribution in [-0.2, 0) is 16.6 Å². The molecule has 1 aliphatic rings. The van der Waals surface area contributed by atoms with E-state index in [0.29, 0.717) is 5.95 Å². The number of amides is 1. The van der Waals surface area contributed by atoms with Crippen LogP contribution in [0.5, 0.6) is 0 Å². The van der Waals surface area contributed by atoms with E-state index in [-0.39, 0.29) is 18.9 Å². The Bertz CT molecular complexity index is 677. The van der Waals surface area contributed by atoms with Gasteiger partial charge in [-0.05, 0) is 12.1 Å². The molecule has 0 bridgehead atoms. The van der Waals surface area contributed by atoms with Gasteiger partial charge in [0.2, 0.25) is 11.9 Å². The Balaban J connectivity index is 2.03. The van der Waals surface area contributed by atoms with Crippen LogP contribution in [0.4, 0.5) is 5.95 Å². The zero-order valence-corrected chi connectivity index (χ0v) is 10.4. The number of benzene rings is 1. The fraction of sp³-hybridized carbons (Fsp3) is 0.308. The molecular formula is C13H13N3O3. The lowest BCUT2D eigenvalue weighted by Crippen LogP contribution is -2.28. The Hall–Kier alpha value is -2.37. The number of aryl methyl sites for hydroxylation is 1. The van der Waals surface area contributed by atoms with Crippen molar-refractivity contribution < 1.29 is 14.7 Å². The smallest absolute Gasteiger partial charge is 0.308 e. The van der Waals surface area contributed by atoms with Crippen LogP contribution >= 0.6 is 0 Å². The molecule has 1 saturated heterocycles. The Labute approximate surface area is 109 Å². The first kappa shape index (κ1) is 11.7. The van der Waals surface area contributed by atoms with Crippen LogP contribution < -0.4 is 4.90 Å². The summed E-state index contributed by atoms with van der Waals surface area (Å²) in [6.07, 6.45) is 0.0402. The summed E-state index contributed by atoms with van der Waals surface area (Å²) in [6, 6.07) is 7.57. The molecule has 0 radical (unpaired) electrons. The fourth-order valence-electron chi connectivity index (χ4n) is 2.44. The first-order valence-electron chi connectivity index (χ1n) is 6.02. The predicted octanol–water partition coefficient (Wildman–Crippen LogP) is 1.01. The lowest BCUT2D eigenvalue weighted by molar-refractivity contribution is -0.141. The monoisotopic (exact) mass is 259 g/mol. The highest BCUT2D eigenvalue weighted by Crippen LogP contribution is 2.27. The first-order chi connectivity index (χ1) is 9.08. The number of aromatic nitrogens is 2. The van der Waals surface area contributed by atoms with Gasteiger partial charge in [-0.2, -0.15) is 0 Å². The number of aliphatic carboxylic acids is 1. The highest BCUT2D eigenvalue weighted by molar-refractivity contribution is 5.99. The average Bonchev–Trinajstić information content (AvgIpc) is 2.91. The SMILES string of the molecule is Cn1c(N2CC(C(=O)O)CC2=O)nc2ccccc21. The second-order valence-electron chi connectivity index (χ2n) is 4.70. The van der Waals surface area contributed by atoms with Crippen LogP contribution in [0, 0.1) is 5.92 Å². The minimum atomic E-state index is -0.936. The maximum absolute atomic E-state index is 11.9. The number of carboxylic acid groups (broad SMARTS) is 1. The molecule has 1 aliphatic heterocycles. The number of fused-ring (bicyclic) bond motifs is 1. The Morgan fingerprint density at radius 3 is 2.79 bits per heavy atom. The molecule has 6 heteroatoms. The standard InChI is InChI=1S/C13H13N3O3/c1-15-10-5-3-2-4-9(10)14-13(15)16-7-8(12(18)19)6-11(16)17/h2-5,8H,6-7H2,1H3,(H,18,19). The van der Waals surface area contributed by atoms with E-state index in [1.807, 2.05) is 35.9 Å². The summed E-state index contributed by atoms with van der Waals surface area (Å²) in [6.45, 7) is 0.186. The maximum atomic E-state index is 11.9. The third kappa shape index (κ3) is 1.76. The fourth-order valence-corrected chi connectivity index (χ4v) is 2.44. The van der Waals surface area contributed by atoms with Crippen molar-refractivity contribution in [2.24, 2.45) is 13.0 Å². The summed E-state index contributed by atoms with van der Waals surface area (Å²) < 4.78 is 1.82. The van der Waals surface area contributed by atoms with Gasteiger partial charge in [0, 0.05) is 20.0 Å². The van der Waals surface area contributed by atoms with Gasteiger partial charge in [-0.1, -0.05) is 12.1 Å². The van der Waals surface area contributed by atoms with E-state index < -0.39 is 11.9 Å². The molecule has 1 N–H and O–H groups in total. The van der Waals surface area contributed by atoms with Crippen molar-refractivity contribution in [2.75, 3.05) is 11.4 Å². The van der Waals surface area contributed by atoms with Gasteiger partial charge in [0.15, 0.2) is 0 Å². The topological polar surface area (TPSA) is 75.4 Å². The highest BCUT2D eigenvalue weighted by atomic mass is 16.4. The number of nitrogens with zero attached hydrogens (tertiary/aromatic N) is 3. The zero-order chi connectivity index (χ0) is 13.6. The maximum Gasteiger partial charge on any atom is 0.308 e. The molecule has 0 aliphatic carbocycles. The summed E-state index contributed by atoms with van der Waals surface area (Å²) in [5, 5.41) is 9.00. The number of imidazole rings is 1. The molecule has 1 amide bonds. The van der Waals surface area contributed by atoms with Crippen molar-refractivity contribution >= 4 is 28.9 Å². The molecule has 19 heavy (non-hydrogen) atoms. The first-order valence-corrected chi connectivity index (χ1v) is 6.02. The third-order valence-electron chi connectivity index (χ3n) is 3.48. The van der Waals surface area contributed by atoms with Crippen molar-refractivity contribution in [3.8, 4) is 0 Å². The predicted molar refractivity (Wildman–Crippen MR) is 68.8 cm³/mol. The van der Waals surface area contributed by atoms with E-state index in [1.54, 1.807) is 0 Å². The van der Waals surface area contributed by atoms with Gasteiger partial charge in [0.1, 0.15) is 0 Å². The van der Waals surface area contributed by atoms with Crippen LogP contribution in [0.1, 0.15) is 6.42 Å². The third-order valence-corrected chi connectivity index (χ3v) is 3.48. The van der Waals surface area contributed by atoms with Crippen LogP contribution in [-0.4, -0.2) is 33.1 Å². The Morgan fingerprint density at radius 2 is 2.16 bits per heavy atom. The van der Waals surface area contributed by atoms with E-state index in [4.69, 9.17) is 5.11 Å². The summed E-state index contributed by atoms with van der Waals surface area (Å²) in [7, 11) is 1.83. The normalized spacial score (nSPS) is 19.3. The van der Waals surface area contributed by atoms with E-state index in [1.165, 1.54) is 4.90 Å². The van der Waals surface area contributed by atoms with Gasteiger partial charge in [0.05, 0.1) is 17.0 Å². The molecule has 1 aromatic carbocycles. The van der Waals surface area contributed by atoms with Crippen LogP contribution in [0.2, 0.25) is 0 Å². The molecule has 2 heterocycles. The number of anilines is 1. The van der Waals surface area contributed by atoms with Crippen molar-refractivity contribution in [3.05, 3.63) is 24.3 Å². The quantitative estimate of drug-likeness (QED) is 0.873. The molecule has 1 atom stereocenters. The number of hydrogen-bond donors (Lipinski definition) is 1. The molecule has 1 unspecified atom stereocenters. The van der Waals surface area contributed by atoms with E-state index in [2.05, 4.69) is 4.98 Å². The molecule has 98 valence electrons. The lowest BCUT2D eigenvalue weighted by atomic mass is 10.1. The zero-order valence-electron chi connectivity index (χ0n) is 10.4. The summed E-state index contributed by atoms with van der Waals surface area (Å²) in [4.78, 5) is 28.8. The van der Waals surface area contributed by atoms with E-state index in [9.17, 15) is 9.59 Å². The van der Waals surface area contributed by atoms with Gasteiger partial charge < -0.3 is 9.67 Å². The van der Waals surface area contributed by atoms with Crippen LogP contribution in [0.3, 0.4) is 0 Å². The minimum absolute atomic E-state index is 0.0402. The van der Waals surface area contributed by atoms with Gasteiger partial charge in [-0.3, -0.25) is 14.5 Å². The Kier molecular flexibility index (Phi) is 2.51. The molecule has 0 saturated carbocycles. The minimum Gasteiger partial charge on any atom is -0.481 e. The molecule has 0 spiro atoms. The van der Waals surface area contributed by atoms with Gasteiger partial charge in [-0.15, -0.1) is 0 Å². The molecule has 2 aromatic rings. The molecule has 3 rings (SSSR count). The van der Waals surface area contributed by atoms with Gasteiger partial charge in [-0.25, -0.2) is 4.98 Å². The highest BCUT2D eigenvalue weighted by Gasteiger charge is 2.37. The largest absolute Gasteiger partial charge is 0.481 e. The summed E-state index contributed by atoms with van der Waals surface area (Å²) >= 11 is 0. The van der Waals surface area contributed by atoms with E-state index in [0.717, 1.165) is 11.0 Å². The number of para-hydroxylation sites is 2. The number of carbonyl (C=O) groups is 2. The molecular weight excluding hydrogens is 246 g/mol. The summed E-state index contributed by atoms with van der Waals surface area (Å²) in [5.74, 6) is -1.26. The number of carboxylic acids is 1. The molecule has 1 aromatic heterocycles. The van der Waals surface area contributed by atoms with Crippen molar-refractivity contribution in [1.29, 1.82) is 0 Å². The van der Waals surface area contributed by atoms with E-state index >= 15 is 0 Å². The van der Waals surface area contributed by atoms with Crippen molar-refractivity contribution in [2.45, 2.75) is 6.42 Å². The second kappa shape index (κ2) is 4.08. The molecule has 1 fully saturated rings. The summed E-state index contributed by atoms with van der Waals surface area (Å²) in [5.41, 5.74) is 1.72. The van der Waals surface area contributed by atoms with Crippen molar-refractivity contribution in [1.82, 2.24) is 9.55 Å². The number of rotatable bonds is 2. The Morgan fingerprint density at radius 1 is 1.42 bits per heavy atom. The van der Waals surface area contributed by atoms with Crippen LogP contribution in [0.25, 0.3) is 11.0 Å². The molecule has 6 nitrogen and oxygen atoms in total. The van der Waals surface area contributed by atoms with Gasteiger partial charge >= 0.3 is 5.97 Å². The van der Waals surface area contributed by atoms with Crippen molar-refractivity contribution in [3.63, 3.8) is 0 Å². The number of hydrogen-bond acceptors (Lipinski definition) is 3. The average molecular weight is 259 g/mol. The number of carbonyl (C=O) groups excluding carboxylic acids is 1. The lowest BCUT2D eigenvalue weighted by Gasteiger charge is -2.14.